The molecule has 1 aromatic carbocycles. The molecule has 7 nitrogen and oxygen atoms in total. The summed E-state index contributed by atoms with van der Waals surface area (Å²) in [5.41, 5.74) is 1.40. The van der Waals surface area contributed by atoms with Crippen LogP contribution in [0.3, 0.4) is 0 Å². The number of benzene rings is 1. The molecule has 0 radical (unpaired) electrons. The van der Waals surface area contributed by atoms with Crippen molar-refractivity contribution in [2.45, 2.75) is 11.8 Å². The lowest BCUT2D eigenvalue weighted by atomic mass is 10.1. The van der Waals surface area contributed by atoms with Crippen LogP contribution in [0, 0.1) is 0 Å². The van der Waals surface area contributed by atoms with Gasteiger partial charge in [-0.1, -0.05) is 0 Å². The maximum atomic E-state index is 12.5. The van der Waals surface area contributed by atoms with Gasteiger partial charge in [0.25, 0.3) is 5.91 Å². The lowest BCUT2D eigenvalue weighted by Crippen LogP contribution is -2.21. The number of nitrogens with zero attached hydrogens (tertiary/aromatic N) is 2. The number of carbonyl (C=O) groups excluding carboxylic acids is 1. The van der Waals surface area contributed by atoms with Gasteiger partial charge in [-0.3, -0.25) is 4.79 Å². The van der Waals surface area contributed by atoms with Crippen LogP contribution in [-0.4, -0.2) is 20.0 Å². The van der Waals surface area contributed by atoms with Gasteiger partial charge < -0.3 is 4.42 Å². The molecule has 0 fully saturated rings. The van der Waals surface area contributed by atoms with Gasteiger partial charge in [-0.05, 0) is 49.4 Å². The van der Waals surface area contributed by atoms with Crippen LogP contribution in [-0.2, 0) is 14.8 Å². The number of primary sulfonamides is 1. The van der Waals surface area contributed by atoms with E-state index < -0.39 is 10.0 Å². The maximum absolute atomic E-state index is 12.5. The molecule has 0 spiro atoms. The number of sulfonamides is 1. The van der Waals surface area contributed by atoms with Crippen LogP contribution in [0.1, 0.15) is 12.7 Å². The molecule has 0 saturated carbocycles. The summed E-state index contributed by atoms with van der Waals surface area (Å²) in [5, 5.41) is 10.5. The Morgan fingerprint density at radius 2 is 1.91 bits per heavy atom. The third-order valence-electron chi connectivity index (χ3n) is 3.30. The first-order chi connectivity index (χ1) is 10.9. The van der Waals surface area contributed by atoms with E-state index in [0.29, 0.717) is 22.7 Å². The number of hydrazone groups is 1. The maximum Gasteiger partial charge on any atom is 0.280 e. The van der Waals surface area contributed by atoms with Crippen LogP contribution < -0.4 is 10.1 Å². The van der Waals surface area contributed by atoms with Crippen LogP contribution in [0.2, 0.25) is 0 Å². The predicted octanol–water partition coefficient (Wildman–Crippen LogP) is 1.73. The monoisotopic (exact) mass is 331 g/mol. The standard InChI is InChI=1S/C15H13N3O4S/c1-10-14(9-12-3-2-8-22-12)15(19)18(17-10)11-4-6-13(7-5-11)23(16,20)21/h2-9H,1H3,(H2,16,20,21)/b14-9+. The highest BCUT2D eigenvalue weighted by Gasteiger charge is 2.29. The predicted molar refractivity (Wildman–Crippen MR) is 85.1 cm³/mol. The van der Waals surface area contributed by atoms with E-state index in [1.165, 1.54) is 35.5 Å². The van der Waals surface area contributed by atoms with Gasteiger partial charge in [0, 0.05) is 0 Å². The van der Waals surface area contributed by atoms with Crippen molar-refractivity contribution in [3.8, 4) is 0 Å². The second-order valence-electron chi connectivity index (χ2n) is 4.91. The molecule has 8 heteroatoms. The minimum Gasteiger partial charge on any atom is -0.465 e. The lowest BCUT2D eigenvalue weighted by Gasteiger charge is -2.11. The summed E-state index contributed by atoms with van der Waals surface area (Å²) in [5.74, 6) is 0.233. The second kappa shape index (κ2) is 5.49. The molecule has 0 unspecified atom stereocenters. The molecule has 0 bridgehead atoms. The van der Waals surface area contributed by atoms with Crippen LogP contribution >= 0.6 is 0 Å². The Kier molecular flexibility index (Phi) is 3.63. The first-order valence-corrected chi connectivity index (χ1v) is 8.19. The fourth-order valence-electron chi connectivity index (χ4n) is 2.15. The van der Waals surface area contributed by atoms with Crippen LogP contribution in [0.25, 0.3) is 6.08 Å². The Morgan fingerprint density at radius 3 is 2.48 bits per heavy atom. The molecule has 1 aliphatic heterocycles. The van der Waals surface area contributed by atoms with Crippen molar-refractivity contribution in [3.05, 3.63) is 54.0 Å². The molecule has 23 heavy (non-hydrogen) atoms. The first-order valence-electron chi connectivity index (χ1n) is 6.64. The number of hydrogen-bond acceptors (Lipinski definition) is 5. The van der Waals surface area contributed by atoms with E-state index >= 15 is 0 Å². The van der Waals surface area contributed by atoms with Gasteiger partial charge in [0.05, 0.1) is 28.1 Å². The second-order valence-corrected chi connectivity index (χ2v) is 6.48. The third kappa shape index (κ3) is 2.94. The Hall–Kier alpha value is -2.71. The van der Waals surface area contributed by atoms with Crippen molar-refractivity contribution in [3.63, 3.8) is 0 Å². The lowest BCUT2D eigenvalue weighted by molar-refractivity contribution is -0.114. The quantitative estimate of drug-likeness (QED) is 0.864. The van der Waals surface area contributed by atoms with E-state index in [1.807, 2.05) is 0 Å². The summed E-state index contributed by atoms with van der Waals surface area (Å²) in [7, 11) is -3.78. The number of furan rings is 1. The molecule has 0 atom stereocenters. The van der Waals surface area contributed by atoms with Crippen molar-refractivity contribution < 1.29 is 17.6 Å². The fraction of sp³-hybridized carbons (Fsp3) is 0.0667. The van der Waals surface area contributed by atoms with Crippen molar-refractivity contribution in [1.29, 1.82) is 0 Å². The summed E-state index contributed by atoms with van der Waals surface area (Å²) in [4.78, 5) is 12.5. The van der Waals surface area contributed by atoms with Gasteiger partial charge in [0.2, 0.25) is 10.0 Å². The Balaban J connectivity index is 1.92. The minimum absolute atomic E-state index is 0.0278. The van der Waals surface area contributed by atoms with Gasteiger partial charge in [0.1, 0.15) is 5.76 Å². The molecule has 2 heterocycles. The van der Waals surface area contributed by atoms with E-state index in [9.17, 15) is 13.2 Å². The van der Waals surface area contributed by atoms with E-state index in [0.717, 1.165) is 0 Å². The zero-order chi connectivity index (χ0) is 16.6. The van der Waals surface area contributed by atoms with Crippen LogP contribution in [0.15, 0.2) is 62.6 Å². The third-order valence-corrected chi connectivity index (χ3v) is 4.23. The largest absolute Gasteiger partial charge is 0.465 e. The summed E-state index contributed by atoms with van der Waals surface area (Å²) in [6.07, 6.45) is 3.13. The number of rotatable bonds is 3. The normalized spacial score (nSPS) is 17.0. The smallest absolute Gasteiger partial charge is 0.280 e. The summed E-state index contributed by atoms with van der Waals surface area (Å²) in [6, 6.07) is 9.07. The summed E-state index contributed by atoms with van der Waals surface area (Å²) >= 11 is 0. The van der Waals surface area contributed by atoms with E-state index in [2.05, 4.69) is 5.10 Å². The van der Waals surface area contributed by atoms with E-state index in [-0.39, 0.29) is 10.8 Å². The van der Waals surface area contributed by atoms with Gasteiger partial charge in [-0.2, -0.15) is 10.1 Å². The van der Waals surface area contributed by atoms with Crippen molar-refractivity contribution in [2.24, 2.45) is 10.2 Å². The van der Waals surface area contributed by atoms with Gasteiger partial charge >= 0.3 is 0 Å². The fourth-order valence-corrected chi connectivity index (χ4v) is 2.67. The van der Waals surface area contributed by atoms with E-state index in [4.69, 9.17) is 9.56 Å². The molecule has 2 N–H and O–H groups in total. The highest BCUT2D eigenvalue weighted by atomic mass is 32.2. The molecule has 1 aromatic heterocycles. The molecular formula is C15H13N3O4S. The van der Waals surface area contributed by atoms with Gasteiger partial charge in [0.15, 0.2) is 0 Å². The highest BCUT2D eigenvalue weighted by molar-refractivity contribution is 7.89. The molecular weight excluding hydrogens is 318 g/mol. The Morgan fingerprint density at radius 1 is 1.22 bits per heavy atom. The topological polar surface area (TPSA) is 106 Å². The molecule has 118 valence electrons. The van der Waals surface area contributed by atoms with Gasteiger partial charge in [-0.15, -0.1) is 0 Å². The molecule has 0 saturated heterocycles. The van der Waals surface area contributed by atoms with Gasteiger partial charge in [-0.25, -0.2) is 13.6 Å². The number of nitrogens with two attached hydrogens (primary N) is 1. The van der Waals surface area contributed by atoms with Crippen molar-refractivity contribution >= 4 is 33.4 Å². The zero-order valence-corrected chi connectivity index (χ0v) is 12.9. The SMILES string of the molecule is CC1=NN(c2ccc(S(N)(=O)=O)cc2)C(=O)/C1=C/c1ccco1. The van der Waals surface area contributed by atoms with E-state index in [1.54, 1.807) is 25.1 Å². The molecule has 1 amide bonds. The van der Waals surface area contributed by atoms with Crippen LogP contribution in [0.5, 0.6) is 0 Å². The van der Waals surface area contributed by atoms with Crippen LogP contribution in [0.4, 0.5) is 5.69 Å². The molecule has 0 aliphatic carbocycles. The first kappa shape index (κ1) is 15.2. The molecule has 3 rings (SSSR count). The average molecular weight is 331 g/mol. The Labute approximate surface area is 132 Å². The van der Waals surface area contributed by atoms with Crippen molar-refractivity contribution in [2.75, 3.05) is 5.01 Å². The number of hydrogen-bond donors (Lipinski definition) is 1. The summed E-state index contributed by atoms with van der Waals surface area (Å²) < 4.78 is 27.7. The highest BCUT2D eigenvalue weighted by Crippen LogP contribution is 2.25. The zero-order valence-electron chi connectivity index (χ0n) is 12.1. The molecule has 1 aliphatic rings. The number of carbonyl (C=O) groups is 1. The molecule has 2 aromatic rings. The summed E-state index contributed by atoms with van der Waals surface area (Å²) in [6.45, 7) is 1.71. The average Bonchev–Trinajstić information content (AvgIpc) is 3.10. The number of anilines is 1. The number of amides is 1. The Bertz CT molecular complexity index is 910. The minimum atomic E-state index is -3.78. The van der Waals surface area contributed by atoms with Crippen molar-refractivity contribution in [1.82, 2.24) is 0 Å².